The zero-order chi connectivity index (χ0) is 25.0. The van der Waals surface area contributed by atoms with E-state index in [0.717, 1.165) is 61.7 Å². The van der Waals surface area contributed by atoms with Crippen LogP contribution in [0, 0.1) is 0 Å². The molecule has 1 aromatic carbocycles. The summed E-state index contributed by atoms with van der Waals surface area (Å²) < 4.78 is 0. The van der Waals surface area contributed by atoms with Gasteiger partial charge in [-0.25, -0.2) is 4.98 Å². The van der Waals surface area contributed by atoms with Crippen molar-refractivity contribution in [1.29, 1.82) is 0 Å². The molecule has 0 aliphatic rings. The molecule has 7 nitrogen and oxygen atoms in total. The van der Waals surface area contributed by atoms with Crippen molar-refractivity contribution in [2.45, 2.75) is 46.5 Å². The van der Waals surface area contributed by atoms with E-state index in [2.05, 4.69) is 71.2 Å². The summed E-state index contributed by atoms with van der Waals surface area (Å²) in [7, 11) is 4.02. The lowest BCUT2D eigenvalue weighted by atomic mass is 10.1. The zero-order valence-corrected chi connectivity index (χ0v) is 22.0. The average molecular weight is 476 g/mol. The molecule has 188 valence electrons. The van der Waals surface area contributed by atoms with Gasteiger partial charge in [-0.2, -0.15) is 9.97 Å². The molecule has 1 N–H and O–H groups in total. The highest BCUT2D eigenvalue weighted by molar-refractivity contribution is 5.62. The minimum Gasteiger partial charge on any atom is -0.363 e. The van der Waals surface area contributed by atoms with Gasteiger partial charge in [0.2, 0.25) is 5.95 Å². The molecule has 0 amide bonds. The van der Waals surface area contributed by atoms with E-state index in [1.165, 1.54) is 24.8 Å². The molecule has 2 aromatic heterocycles. The number of pyridine rings is 1. The largest absolute Gasteiger partial charge is 0.363 e. The number of aryl methyl sites for hydroxylation is 1. The first-order valence-corrected chi connectivity index (χ1v) is 12.9. The third kappa shape index (κ3) is 7.84. The highest BCUT2D eigenvalue weighted by atomic mass is 15.3. The number of benzene rings is 1. The van der Waals surface area contributed by atoms with Crippen LogP contribution in [-0.2, 0) is 6.42 Å². The number of anilines is 5. The molecule has 0 aliphatic carbocycles. The van der Waals surface area contributed by atoms with Crippen LogP contribution < -0.4 is 20.0 Å². The van der Waals surface area contributed by atoms with Gasteiger partial charge in [0.1, 0.15) is 17.5 Å². The van der Waals surface area contributed by atoms with Crippen LogP contribution in [-0.4, -0.2) is 55.2 Å². The first-order chi connectivity index (χ1) is 17.0. The molecule has 0 radical (unpaired) electrons. The van der Waals surface area contributed by atoms with E-state index in [4.69, 9.17) is 9.97 Å². The first kappa shape index (κ1) is 26.3. The van der Waals surface area contributed by atoms with Crippen molar-refractivity contribution in [2.24, 2.45) is 0 Å². The van der Waals surface area contributed by atoms with Crippen LogP contribution >= 0.6 is 0 Å². The molecular formula is C28H41N7. The Bertz CT molecular complexity index is 1010. The topological polar surface area (TPSA) is 60.4 Å². The first-order valence-electron chi connectivity index (χ1n) is 12.9. The molecule has 3 aromatic rings. The quantitative estimate of drug-likeness (QED) is 0.297. The fourth-order valence-electron chi connectivity index (χ4n) is 3.95. The molecule has 0 unspecified atom stereocenters. The second kappa shape index (κ2) is 13.5. The van der Waals surface area contributed by atoms with Gasteiger partial charge >= 0.3 is 0 Å². The Balaban J connectivity index is 1.74. The number of aromatic nitrogens is 3. The lowest BCUT2D eigenvalue weighted by Gasteiger charge is -2.28. The van der Waals surface area contributed by atoms with Crippen LogP contribution in [0.3, 0.4) is 0 Å². The molecule has 2 heterocycles. The Labute approximate surface area is 211 Å². The Kier molecular flexibility index (Phi) is 10.1. The molecule has 7 heteroatoms. The number of rotatable bonds is 14. The summed E-state index contributed by atoms with van der Waals surface area (Å²) in [6.07, 6.45) is 6.75. The lowest BCUT2D eigenvalue weighted by molar-refractivity contribution is 0.717. The smallest absolute Gasteiger partial charge is 0.229 e. The fourth-order valence-corrected chi connectivity index (χ4v) is 3.95. The average Bonchev–Trinajstić information content (AvgIpc) is 2.88. The van der Waals surface area contributed by atoms with Gasteiger partial charge in [-0.15, -0.1) is 0 Å². The number of hydrogen-bond acceptors (Lipinski definition) is 7. The fraction of sp³-hybridized carbons (Fsp3) is 0.464. The van der Waals surface area contributed by atoms with Crippen LogP contribution in [0.25, 0.3) is 0 Å². The lowest BCUT2D eigenvalue weighted by Crippen LogP contribution is -2.36. The van der Waals surface area contributed by atoms with E-state index >= 15 is 0 Å². The molecule has 35 heavy (non-hydrogen) atoms. The summed E-state index contributed by atoms with van der Waals surface area (Å²) in [6, 6.07) is 16.7. The second-order valence-electron chi connectivity index (χ2n) is 8.93. The second-order valence-corrected chi connectivity index (χ2v) is 8.93. The van der Waals surface area contributed by atoms with Crippen molar-refractivity contribution in [1.82, 2.24) is 15.0 Å². The van der Waals surface area contributed by atoms with Gasteiger partial charge < -0.3 is 20.0 Å². The Morgan fingerprint density at radius 3 is 2.17 bits per heavy atom. The number of likely N-dealkylation sites (N-methyl/N-ethyl adjacent to an activating group) is 2. The Morgan fingerprint density at radius 1 is 0.800 bits per heavy atom. The van der Waals surface area contributed by atoms with E-state index in [-0.39, 0.29) is 0 Å². The van der Waals surface area contributed by atoms with E-state index < -0.39 is 0 Å². The van der Waals surface area contributed by atoms with Crippen molar-refractivity contribution >= 4 is 29.1 Å². The number of hydrogen-bond donors (Lipinski definition) is 1. The van der Waals surface area contributed by atoms with Gasteiger partial charge in [0.05, 0.1) is 0 Å². The summed E-state index contributed by atoms with van der Waals surface area (Å²) in [5.74, 6) is 3.40. The molecule has 0 fully saturated rings. The third-order valence-corrected chi connectivity index (χ3v) is 6.11. The van der Waals surface area contributed by atoms with Crippen molar-refractivity contribution in [2.75, 3.05) is 60.3 Å². The predicted molar refractivity (Wildman–Crippen MR) is 149 cm³/mol. The summed E-state index contributed by atoms with van der Waals surface area (Å²) in [6.45, 7) is 9.92. The van der Waals surface area contributed by atoms with Gasteiger partial charge in [-0.1, -0.05) is 38.0 Å². The molecule has 0 aliphatic heterocycles. The molecule has 0 spiro atoms. The molecular weight excluding hydrogens is 434 g/mol. The molecule has 0 atom stereocenters. The van der Waals surface area contributed by atoms with Crippen molar-refractivity contribution in [3.05, 3.63) is 60.3 Å². The zero-order valence-electron chi connectivity index (χ0n) is 22.0. The molecule has 0 saturated carbocycles. The number of nitrogens with one attached hydrogen (secondary N) is 1. The van der Waals surface area contributed by atoms with Gasteiger partial charge in [0.15, 0.2) is 0 Å². The highest BCUT2D eigenvalue weighted by Crippen LogP contribution is 2.23. The van der Waals surface area contributed by atoms with Crippen molar-refractivity contribution in [3.8, 4) is 0 Å². The summed E-state index contributed by atoms with van der Waals surface area (Å²) in [5, 5.41) is 3.49. The maximum atomic E-state index is 4.88. The maximum absolute atomic E-state index is 4.88. The maximum Gasteiger partial charge on any atom is 0.229 e. The third-order valence-electron chi connectivity index (χ3n) is 6.11. The summed E-state index contributed by atoms with van der Waals surface area (Å²) >= 11 is 0. The SMILES string of the molecule is CCCCCc1ccc(Nc2cc(N(C)C)nc(N(CC)CCN(CC)c3ccccn3)n2)cc1. The van der Waals surface area contributed by atoms with E-state index in [0.29, 0.717) is 0 Å². The van der Waals surface area contributed by atoms with Gasteiger partial charge in [0, 0.05) is 58.2 Å². The van der Waals surface area contributed by atoms with Gasteiger partial charge in [0.25, 0.3) is 0 Å². The van der Waals surface area contributed by atoms with Crippen molar-refractivity contribution in [3.63, 3.8) is 0 Å². The van der Waals surface area contributed by atoms with Gasteiger partial charge in [-0.3, -0.25) is 0 Å². The Morgan fingerprint density at radius 2 is 1.54 bits per heavy atom. The molecule has 3 rings (SSSR count). The highest BCUT2D eigenvalue weighted by Gasteiger charge is 2.15. The number of unbranched alkanes of at least 4 members (excludes halogenated alkanes) is 2. The van der Waals surface area contributed by atoms with Crippen LogP contribution in [0.1, 0.15) is 45.6 Å². The molecule has 0 bridgehead atoms. The van der Waals surface area contributed by atoms with Crippen LogP contribution in [0.4, 0.5) is 29.1 Å². The number of nitrogens with zero attached hydrogens (tertiary/aromatic N) is 6. The Hall–Kier alpha value is -3.35. The van der Waals surface area contributed by atoms with E-state index in [9.17, 15) is 0 Å². The summed E-state index contributed by atoms with van der Waals surface area (Å²) in [4.78, 5) is 20.8. The van der Waals surface area contributed by atoms with Crippen LogP contribution in [0.2, 0.25) is 0 Å². The van der Waals surface area contributed by atoms with Crippen molar-refractivity contribution < 1.29 is 0 Å². The molecule has 0 saturated heterocycles. The van der Waals surface area contributed by atoms with E-state index in [1.54, 1.807) is 0 Å². The predicted octanol–water partition coefficient (Wildman–Crippen LogP) is 5.77. The monoisotopic (exact) mass is 475 g/mol. The minimum atomic E-state index is 0.731. The standard InChI is InChI=1S/C28H41N7/c1-6-9-10-13-23-15-17-24(18-16-23)30-25-22-27(33(4)5)32-28(31-25)35(8-3)21-20-34(7-2)26-14-11-12-19-29-26/h11-12,14-19,22H,6-10,13,20-21H2,1-5H3,(H,30,31,32). The minimum absolute atomic E-state index is 0.731. The van der Waals surface area contributed by atoms with Gasteiger partial charge in [-0.05, 0) is 56.5 Å². The normalized spacial score (nSPS) is 10.8. The van der Waals surface area contributed by atoms with Crippen LogP contribution in [0.5, 0.6) is 0 Å². The van der Waals surface area contributed by atoms with Crippen LogP contribution in [0.15, 0.2) is 54.7 Å². The summed E-state index contributed by atoms with van der Waals surface area (Å²) in [5.41, 5.74) is 2.42. The van der Waals surface area contributed by atoms with E-state index in [1.807, 2.05) is 43.4 Å².